The van der Waals surface area contributed by atoms with Crippen molar-refractivity contribution in [3.05, 3.63) is 68.2 Å². The molecule has 4 rings (SSSR count). The summed E-state index contributed by atoms with van der Waals surface area (Å²) in [6, 6.07) is 10.4. The maximum Gasteiger partial charge on any atom is 0.265 e. The van der Waals surface area contributed by atoms with Gasteiger partial charge in [-0.3, -0.25) is 14.4 Å². The molecule has 0 spiro atoms. The van der Waals surface area contributed by atoms with Crippen LogP contribution < -0.4 is 16.0 Å². The van der Waals surface area contributed by atoms with E-state index in [0.717, 1.165) is 37.7 Å². The number of hydrogen-bond acceptors (Lipinski definition) is 6. The van der Waals surface area contributed by atoms with E-state index in [1.807, 2.05) is 11.4 Å². The van der Waals surface area contributed by atoms with Crippen molar-refractivity contribution >= 4 is 51.1 Å². The van der Waals surface area contributed by atoms with Crippen LogP contribution in [0.5, 0.6) is 0 Å². The molecule has 34 heavy (non-hydrogen) atoms. The standard InChI is InChI=1S/C25H27N3O4S2/c1-32-13-6-12-26-24(31)21-18-9-2-3-10-19(18)34-25(21)28-22(29)16-7-4-8-17(15-16)27-23(30)20-11-5-14-33-20/h4-5,7-8,11,14-15H,2-3,6,9-10,12-13H2,1H3,(H,26,31)(H,27,30)(H,28,29). The van der Waals surface area contributed by atoms with Gasteiger partial charge in [0, 0.05) is 36.4 Å². The molecule has 178 valence electrons. The SMILES string of the molecule is COCCCNC(=O)c1c(NC(=O)c2cccc(NC(=O)c3cccs3)c2)sc2c1CCCC2. The van der Waals surface area contributed by atoms with Crippen LogP contribution in [0.15, 0.2) is 41.8 Å². The molecule has 1 aliphatic carbocycles. The molecule has 0 aliphatic heterocycles. The number of aryl methyl sites for hydroxylation is 1. The number of carbonyl (C=O) groups excluding carboxylic acids is 3. The molecule has 0 saturated carbocycles. The van der Waals surface area contributed by atoms with E-state index in [-0.39, 0.29) is 17.7 Å². The Hall–Kier alpha value is -3.01. The van der Waals surface area contributed by atoms with E-state index in [0.29, 0.717) is 39.8 Å². The monoisotopic (exact) mass is 497 g/mol. The van der Waals surface area contributed by atoms with Gasteiger partial charge in [-0.1, -0.05) is 12.1 Å². The maximum absolute atomic E-state index is 13.1. The minimum atomic E-state index is -0.320. The van der Waals surface area contributed by atoms with Crippen molar-refractivity contribution < 1.29 is 19.1 Å². The minimum absolute atomic E-state index is 0.164. The van der Waals surface area contributed by atoms with Gasteiger partial charge in [-0.2, -0.15) is 0 Å². The normalized spacial score (nSPS) is 12.6. The number of benzene rings is 1. The zero-order chi connectivity index (χ0) is 23.9. The zero-order valence-corrected chi connectivity index (χ0v) is 20.6. The molecular formula is C25H27N3O4S2. The van der Waals surface area contributed by atoms with Gasteiger partial charge in [0.1, 0.15) is 5.00 Å². The Balaban J connectivity index is 1.51. The lowest BCUT2D eigenvalue weighted by Gasteiger charge is -2.13. The van der Waals surface area contributed by atoms with Crippen LogP contribution >= 0.6 is 22.7 Å². The topological polar surface area (TPSA) is 96.5 Å². The molecule has 0 fully saturated rings. The molecule has 0 saturated heterocycles. The average Bonchev–Trinajstić information content (AvgIpc) is 3.50. The van der Waals surface area contributed by atoms with E-state index in [4.69, 9.17) is 4.74 Å². The van der Waals surface area contributed by atoms with Crippen molar-refractivity contribution in [2.45, 2.75) is 32.1 Å². The molecule has 3 N–H and O–H groups in total. The van der Waals surface area contributed by atoms with Crippen LogP contribution in [0.2, 0.25) is 0 Å². The van der Waals surface area contributed by atoms with Crippen LogP contribution in [0, 0.1) is 0 Å². The van der Waals surface area contributed by atoms with Gasteiger partial charge in [0.15, 0.2) is 0 Å². The molecule has 3 amide bonds. The van der Waals surface area contributed by atoms with Gasteiger partial charge < -0.3 is 20.7 Å². The second-order valence-electron chi connectivity index (χ2n) is 7.98. The summed E-state index contributed by atoms with van der Waals surface area (Å²) >= 11 is 2.84. The predicted molar refractivity (Wildman–Crippen MR) is 136 cm³/mol. The first-order valence-electron chi connectivity index (χ1n) is 11.2. The number of amides is 3. The van der Waals surface area contributed by atoms with Crippen LogP contribution in [-0.4, -0.2) is 38.0 Å². The third kappa shape index (κ3) is 5.72. The quantitative estimate of drug-likeness (QED) is 0.364. The van der Waals surface area contributed by atoms with Crippen molar-refractivity contribution in [1.29, 1.82) is 0 Å². The first-order chi connectivity index (χ1) is 16.6. The van der Waals surface area contributed by atoms with Crippen LogP contribution in [-0.2, 0) is 17.6 Å². The minimum Gasteiger partial charge on any atom is -0.385 e. The lowest BCUT2D eigenvalue weighted by Crippen LogP contribution is -2.27. The number of fused-ring (bicyclic) bond motifs is 1. The molecule has 0 radical (unpaired) electrons. The average molecular weight is 498 g/mol. The number of rotatable bonds is 9. The van der Waals surface area contributed by atoms with Crippen LogP contribution in [0.4, 0.5) is 10.7 Å². The summed E-state index contributed by atoms with van der Waals surface area (Å²) in [5.74, 6) is -0.701. The van der Waals surface area contributed by atoms with Crippen molar-refractivity contribution in [3.8, 4) is 0 Å². The molecule has 0 unspecified atom stereocenters. The second-order valence-corrected chi connectivity index (χ2v) is 10.0. The summed E-state index contributed by atoms with van der Waals surface area (Å²) in [4.78, 5) is 40.2. The number of nitrogens with one attached hydrogen (secondary N) is 3. The van der Waals surface area contributed by atoms with Gasteiger partial charge in [-0.05, 0) is 67.3 Å². The molecule has 1 aromatic carbocycles. The smallest absolute Gasteiger partial charge is 0.265 e. The van der Waals surface area contributed by atoms with Gasteiger partial charge in [-0.25, -0.2) is 0 Å². The molecule has 2 aromatic heterocycles. The Labute approximate surface area is 206 Å². The number of hydrogen-bond donors (Lipinski definition) is 3. The first-order valence-corrected chi connectivity index (χ1v) is 12.9. The van der Waals surface area contributed by atoms with Crippen LogP contribution in [0.25, 0.3) is 0 Å². The summed E-state index contributed by atoms with van der Waals surface area (Å²) in [5, 5.41) is 11.2. The van der Waals surface area contributed by atoms with Gasteiger partial charge in [-0.15, -0.1) is 22.7 Å². The Kier molecular flexibility index (Phi) is 8.10. The Morgan fingerprint density at radius 3 is 2.65 bits per heavy atom. The highest BCUT2D eigenvalue weighted by atomic mass is 32.1. The third-order valence-corrected chi connectivity index (χ3v) is 7.64. The number of ether oxygens (including phenoxy) is 1. The Morgan fingerprint density at radius 2 is 1.85 bits per heavy atom. The molecule has 0 bridgehead atoms. The van der Waals surface area contributed by atoms with Gasteiger partial charge in [0.2, 0.25) is 0 Å². The van der Waals surface area contributed by atoms with E-state index in [1.54, 1.807) is 37.4 Å². The van der Waals surface area contributed by atoms with E-state index in [9.17, 15) is 14.4 Å². The van der Waals surface area contributed by atoms with Crippen molar-refractivity contribution in [2.24, 2.45) is 0 Å². The highest BCUT2D eigenvalue weighted by Crippen LogP contribution is 2.38. The lowest BCUT2D eigenvalue weighted by molar-refractivity contribution is 0.0948. The summed E-state index contributed by atoms with van der Waals surface area (Å²) in [5.41, 5.74) is 2.56. The van der Waals surface area contributed by atoms with Crippen molar-refractivity contribution in [3.63, 3.8) is 0 Å². The van der Waals surface area contributed by atoms with Gasteiger partial charge >= 0.3 is 0 Å². The second kappa shape index (κ2) is 11.4. The summed E-state index contributed by atoms with van der Waals surface area (Å²) < 4.78 is 5.05. The molecule has 9 heteroatoms. The lowest BCUT2D eigenvalue weighted by atomic mass is 9.95. The Bertz CT molecular complexity index is 1170. The predicted octanol–water partition coefficient (Wildman–Crippen LogP) is 4.96. The largest absolute Gasteiger partial charge is 0.385 e. The summed E-state index contributed by atoms with van der Waals surface area (Å²) in [6.45, 7) is 1.08. The molecule has 7 nitrogen and oxygen atoms in total. The molecule has 1 aliphatic rings. The number of thiophene rings is 2. The van der Waals surface area contributed by atoms with E-state index in [2.05, 4.69) is 16.0 Å². The molecular weight excluding hydrogens is 470 g/mol. The molecule has 0 atom stereocenters. The third-order valence-electron chi connectivity index (χ3n) is 5.56. The summed E-state index contributed by atoms with van der Waals surface area (Å²) in [6.07, 6.45) is 4.60. The fourth-order valence-electron chi connectivity index (χ4n) is 3.91. The fourth-order valence-corrected chi connectivity index (χ4v) is 5.82. The number of methoxy groups -OCH3 is 1. The van der Waals surface area contributed by atoms with E-state index >= 15 is 0 Å². The van der Waals surface area contributed by atoms with Gasteiger partial charge in [0.25, 0.3) is 17.7 Å². The van der Waals surface area contributed by atoms with Gasteiger partial charge in [0.05, 0.1) is 10.4 Å². The fraction of sp³-hybridized carbons (Fsp3) is 0.320. The maximum atomic E-state index is 13.1. The highest BCUT2D eigenvalue weighted by Gasteiger charge is 2.26. The summed E-state index contributed by atoms with van der Waals surface area (Å²) in [7, 11) is 1.63. The number of anilines is 2. The van der Waals surface area contributed by atoms with Crippen LogP contribution in [0.1, 0.15) is 60.1 Å². The van der Waals surface area contributed by atoms with E-state index in [1.165, 1.54) is 27.6 Å². The molecule has 3 aromatic rings. The van der Waals surface area contributed by atoms with E-state index < -0.39 is 0 Å². The first kappa shape index (κ1) is 24.1. The Morgan fingerprint density at radius 1 is 1.00 bits per heavy atom. The zero-order valence-electron chi connectivity index (χ0n) is 18.9. The van der Waals surface area contributed by atoms with Crippen LogP contribution in [0.3, 0.4) is 0 Å². The highest BCUT2D eigenvalue weighted by molar-refractivity contribution is 7.17. The molecule has 2 heterocycles. The van der Waals surface area contributed by atoms with Crippen molar-refractivity contribution in [2.75, 3.05) is 30.9 Å². The van der Waals surface area contributed by atoms with Crippen molar-refractivity contribution in [1.82, 2.24) is 5.32 Å². The number of carbonyl (C=O) groups is 3.